The molecule has 0 N–H and O–H groups in total. The fraction of sp³-hybridized carbons (Fsp3) is 0.240. The Kier molecular flexibility index (Phi) is 5.80. The highest BCUT2D eigenvalue weighted by Crippen LogP contribution is 2.32. The highest BCUT2D eigenvalue weighted by Gasteiger charge is 2.23. The molecule has 0 aromatic heterocycles. The fourth-order valence-electron chi connectivity index (χ4n) is 3.61. The molecule has 0 aliphatic carbocycles. The maximum absolute atomic E-state index is 12.7. The van der Waals surface area contributed by atoms with E-state index in [1.54, 1.807) is 0 Å². The van der Waals surface area contributed by atoms with E-state index in [-0.39, 0.29) is 5.91 Å². The van der Waals surface area contributed by atoms with E-state index in [9.17, 15) is 4.79 Å². The Morgan fingerprint density at radius 1 is 0.828 bits per heavy atom. The van der Waals surface area contributed by atoms with Gasteiger partial charge in [0.05, 0.1) is 12.1 Å². The highest BCUT2D eigenvalue weighted by molar-refractivity contribution is 5.79. The number of carbonyl (C=O) groups excluding carboxylic acids is 1. The normalized spacial score (nSPS) is 14.0. The van der Waals surface area contributed by atoms with E-state index in [0.29, 0.717) is 6.42 Å². The molecule has 4 heteroatoms. The molecule has 1 amide bonds. The van der Waals surface area contributed by atoms with Gasteiger partial charge in [-0.15, -0.1) is 0 Å². The number of carbonyl (C=O) groups is 1. The predicted octanol–water partition coefficient (Wildman–Crippen LogP) is 4.68. The number of amides is 1. The molecule has 0 radical (unpaired) electrons. The summed E-state index contributed by atoms with van der Waals surface area (Å²) in [6.45, 7) is 5.11. The van der Waals surface area contributed by atoms with Crippen LogP contribution in [0.25, 0.3) is 0 Å². The Labute approximate surface area is 172 Å². The molecule has 0 bridgehead atoms. The number of rotatable bonds is 5. The number of hydrogen-bond donors (Lipinski definition) is 0. The van der Waals surface area contributed by atoms with Gasteiger partial charge in [-0.2, -0.15) is 0 Å². The van der Waals surface area contributed by atoms with Crippen molar-refractivity contribution in [1.82, 2.24) is 4.90 Å². The van der Waals surface area contributed by atoms with Gasteiger partial charge in [-0.25, -0.2) is 0 Å². The van der Waals surface area contributed by atoms with Crippen LogP contribution in [0.15, 0.2) is 78.9 Å². The molecule has 4 rings (SSSR count). The van der Waals surface area contributed by atoms with E-state index >= 15 is 0 Å². The van der Waals surface area contributed by atoms with E-state index in [1.165, 1.54) is 5.56 Å². The van der Waals surface area contributed by atoms with E-state index in [4.69, 9.17) is 4.74 Å². The third-order valence-electron chi connectivity index (χ3n) is 5.29. The van der Waals surface area contributed by atoms with Gasteiger partial charge < -0.3 is 14.5 Å². The Balaban J connectivity index is 1.38. The van der Waals surface area contributed by atoms with Crippen LogP contribution in [0.2, 0.25) is 0 Å². The lowest BCUT2D eigenvalue weighted by molar-refractivity contribution is -0.130. The Hall–Kier alpha value is -3.27. The molecule has 1 fully saturated rings. The summed E-state index contributed by atoms with van der Waals surface area (Å²) in [5.41, 5.74) is 3.36. The molecule has 148 valence electrons. The van der Waals surface area contributed by atoms with Crippen molar-refractivity contribution >= 4 is 11.6 Å². The van der Waals surface area contributed by atoms with E-state index in [2.05, 4.69) is 30.0 Å². The zero-order valence-electron chi connectivity index (χ0n) is 16.8. The van der Waals surface area contributed by atoms with Crippen LogP contribution >= 0.6 is 0 Å². The van der Waals surface area contributed by atoms with Crippen LogP contribution in [0, 0.1) is 6.92 Å². The van der Waals surface area contributed by atoms with Crippen LogP contribution < -0.4 is 9.64 Å². The highest BCUT2D eigenvalue weighted by atomic mass is 16.5. The summed E-state index contributed by atoms with van der Waals surface area (Å²) in [5, 5.41) is 0. The van der Waals surface area contributed by atoms with Crippen LogP contribution in [0.5, 0.6) is 11.5 Å². The Morgan fingerprint density at radius 3 is 2.21 bits per heavy atom. The van der Waals surface area contributed by atoms with E-state index in [0.717, 1.165) is 48.9 Å². The van der Waals surface area contributed by atoms with E-state index in [1.807, 2.05) is 65.6 Å². The molecule has 4 nitrogen and oxygen atoms in total. The monoisotopic (exact) mass is 386 g/mol. The second-order valence-electron chi connectivity index (χ2n) is 7.41. The molecule has 3 aromatic rings. The van der Waals surface area contributed by atoms with Crippen molar-refractivity contribution in [3.05, 3.63) is 90.0 Å². The number of aryl methyl sites for hydroxylation is 1. The molecule has 0 atom stereocenters. The molecule has 0 unspecified atom stereocenters. The zero-order valence-corrected chi connectivity index (χ0v) is 16.8. The van der Waals surface area contributed by atoms with Crippen molar-refractivity contribution in [3.63, 3.8) is 0 Å². The minimum atomic E-state index is 0.197. The maximum atomic E-state index is 12.7. The van der Waals surface area contributed by atoms with Crippen LogP contribution in [0.1, 0.15) is 11.1 Å². The first-order valence-electron chi connectivity index (χ1n) is 10.1. The number of nitrogens with zero attached hydrogens (tertiary/aromatic N) is 2. The number of piperazine rings is 1. The Bertz CT molecular complexity index is 946. The van der Waals surface area contributed by atoms with Crippen molar-refractivity contribution in [3.8, 4) is 11.5 Å². The van der Waals surface area contributed by atoms with Crippen molar-refractivity contribution in [2.75, 3.05) is 31.1 Å². The zero-order chi connectivity index (χ0) is 20.1. The second-order valence-corrected chi connectivity index (χ2v) is 7.41. The van der Waals surface area contributed by atoms with Gasteiger partial charge in [0.15, 0.2) is 5.75 Å². The van der Waals surface area contributed by atoms with Crippen molar-refractivity contribution < 1.29 is 9.53 Å². The van der Waals surface area contributed by atoms with Crippen molar-refractivity contribution in [2.24, 2.45) is 0 Å². The number of benzene rings is 3. The van der Waals surface area contributed by atoms with Gasteiger partial charge in [0.2, 0.25) is 5.91 Å². The standard InChI is InChI=1S/C25H26N2O2/c1-20-11-13-21(14-12-20)19-25(28)27-17-15-26(16-18-27)23-9-5-6-10-24(23)29-22-7-3-2-4-8-22/h2-14H,15-19H2,1H3. The molecule has 1 heterocycles. The van der Waals surface area contributed by atoms with Crippen molar-refractivity contribution in [1.29, 1.82) is 0 Å². The van der Waals surface area contributed by atoms with E-state index < -0.39 is 0 Å². The molecule has 29 heavy (non-hydrogen) atoms. The molecule has 3 aromatic carbocycles. The maximum Gasteiger partial charge on any atom is 0.227 e. The first-order valence-corrected chi connectivity index (χ1v) is 10.1. The smallest absolute Gasteiger partial charge is 0.227 e. The topological polar surface area (TPSA) is 32.8 Å². The number of ether oxygens (including phenoxy) is 1. The number of hydrogen-bond acceptors (Lipinski definition) is 3. The van der Waals surface area contributed by atoms with Gasteiger partial charge in [-0.3, -0.25) is 4.79 Å². The van der Waals surface area contributed by atoms with Crippen LogP contribution in [0.4, 0.5) is 5.69 Å². The van der Waals surface area contributed by atoms with Gasteiger partial charge in [0.25, 0.3) is 0 Å². The first-order chi connectivity index (χ1) is 14.2. The van der Waals surface area contributed by atoms with Crippen LogP contribution in [-0.2, 0) is 11.2 Å². The van der Waals surface area contributed by atoms with Gasteiger partial charge in [0.1, 0.15) is 5.75 Å². The van der Waals surface area contributed by atoms with Gasteiger partial charge in [-0.05, 0) is 36.8 Å². The largest absolute Gasteiger partial charge is 0.455 e. The molecule has 0 saturated carbocycles. The summed E-state index contributed by atoms with van der Waals surface area (Å²) in [6, 6.07) is 26.1. The quantitative estimate of drug-likeness (QED) is 0.638. The summed E-state index contributed by atoms with van der Waals surface area (Å²) in [7, 11) is 0. The minimum Gasteiger partial charge on any atom is -0.455 e. The molecule has 0 spiro atoms. The SMILES string of the molecule is Cc1ccc(CC(=O)N2CCN(c3ccccc3Oc3ccccc3)CC2)cc1. The van der Waals surface area contributed by atoms with Gasteiger partial charge in [-0.1, -0.05) is 60.2 Å². The fourth-order valence-corrected chi connectivity index (χ4v) is 3.61. The lowest BCUT2D eigenvalue weighted by Gasteiger charge is -2.36. The predicted molar refractivity (Wildman–Crippen MR) is 117 cm³/mol. The Morgan fingerprint density at radius 2 is 1.48 bits per heavy atom. The summed E-state index contributed by atoms with van der Waals surface area (Å²) >= 11 is 0. The lowest BCUT2D eigenvalue weighted by atomic mass is 10.1. The molecule has 1 aliphatic rings. The third kappa shape index (κ3) is 4.77. The summed E-state index contributed by atoms with van der Waals surface area (Å²) < 4.78 is 6.10. The average Bonchev–Trinajstić information content (AvgIpc) is 2.77. The summed E-state index contributed by atoms with van der Waals surface area (Å²) in [5.74, 6) is 1.87. The lowest BCUT2D eigenvalue weighted by Crippen LogP contribution is -2.49. The van der Waals surface area contributed by atoms with Crippen LogP contribution in [0.3, 0.4) is 0 Å². The van der Waals surface area contributed by atoms with Gasteiger partial charge in [0, 0.05) is 26.2 Å². The summed E-state index contributed by atoms with van der Waals surface area (Å²) in [6.07, 6.45) is 0.466. The van der Waals surface area contributed by atoms with Gasteiger partial charge >= 0.3 is 0 Å². The molecule has 1 aliphatic heterocycles. The first kappa shape index (κ1) is 19.1. The third-order valence-corrected chi connectivity index (χ3v) is 5.29. The van der Waals surface area contributed by atoms with Crippen LogP contribution in [-0.4, -0.2) is 37.0 Å². The van der Waals surface area contributed by atoms with Crippen molar-refractivity contribution in [2.45, 2.75) is 13.3 Å². The minimum absolute atomic E-state index is 0.197. The summed E-state index contributed by atoms with van der Waals surface area (Å²) in [4.78, 5) is 17.0. The number of anilines is 1. The number of para-hydroxylation sites is 3. The average molecular weight is 386 g/mol. The molecular formula is C25H26N2O2. The molecular weight excluding hydrogens is 360 g/mol. The molecule has 1 saturated heterocycles. The second kappa shape index (κ2) is 8.82.